The van der Waals surface area contributed by atoms with Gasteiger partial charge in [0.2, 0.25) is 5.91 Å². The lowest BCUT2D eigenvalue weighted by molar-refractivity contribution is -0.114. The van der Waals surface area contributed by atoms with Crippen LogP contribution in [0.4, 0.5) is 5.69 Å². The van der Waals surface area contributed by atoms with Gasteiger partial charge < -0.3 is 15.4 Å². The molecule has 2 amide bonds. The molecule has 0 atom stereocenters. The summed E-state index contributed by atoms with van der Waals surface area (Å²) in [6.45, 7) is 2.56. The van der Waals surface area contributed by atoms with Crippen molar-refractivity contribution in [2.45, 2.75) is 13.3 Å². The Hall–Kier alpha value is -1.88. The standard InChI is InChI=1S/C13H18N2O3/c1-10(16)15-12-7-4-3-6-11(12)13(17)14-8-5-9-18-2/h3-4,6-7H,5,8-9H2,1-2H3,(H,14,17)(H,15,16). The van der Waals surface area contributed by atoms with Crippen molar-refractivity contribution in [3.63, 3.8) is 0 Å². The highest BCUT2D eigenvalue weighted by Crippen LogP contribution is 2.14. The van der Waals surface area contributed by atoms with Gasteiger partial charge >= 0.3 is 0 Å². The molecule has 1 rings (SSSR count). The first-order valence-electron chi connectivity index (χ1n) is 5.79. The lowest BCUT2D eigenvalue weighted by Gasteiger charge is -2.10. The van der Waals surface area contributed by atoms with Crippen LogP contribution in [-0.4, -0.2) is 32.1 Å². The molecule has 1 aromatic rings. The normalized spacial score (nSPS) is 9.89. The molecule has 18 heavy (non-hydrogen) atoms. The van der Waals surface area contributed by atoms with Crippen LogP contribution in [0.15, 0.2) is 24.3 Å². The van der Waals surface area contributed by atoms with E-state index in [0.717, 1.165) is 6.42 Å². The summed E-state index contributed by atoms with van der Waals surface area (Å²) in [5, 5.41) is 5.41. The topological polar surface area (TPSA) is 67.4 Å². The minimum atomic E-state index is -0.199. The largest absolute Gasteiger partial charge is 0.385 e. The van der Waals surface area contributed by atoms with E-state index in [1.165, 1.54) is 6.92 Å². The van der Waals surface area contributed by atoms with Crippen LogP contribution in [0.5, 0.6) is 0 Å². The third-order valence-corrected chi connectivity index (χ3v) is 2.29. The van der Waals surface area contributed by atoms with Gasteiger partial charge in [-0.15, -0.1) is 0 Å². The van der Waals surface area contributed by atoms with Crippen molar-refractivity contribution < 1.29 is 14.3 Å². The number of benzene rings is 1. The smallest absolute Gasteiger partial charge is 0.253 e. The summed E-state index contributed by atoms with van der Waals surface area (Å²) in [5.74, 6) is -0.398. The van der Waals surface area contributed by atoms with Gasteiger partial charge in [-0.25, -0.2) is 0 Å². The number of carbonyl (C=O) groups excluding carboxylic acids is 2. The molecule has 0 heterocycles. The first-order valence-corrected chi connectivity index (χ1v) is 5.79. The predicted molar refractivity (Wildman–Crippen MR) is 69.6 cm³/mol. The van der Waals surface area contributed by atoms with Crippen LogP contribution in [0.25, 0.3) is 0 Å². The third kappa shape index (κ3) is 4.55. The molecule has 5 nitrogen and oxygen atoms in total. The van der Waals surface area contributed by atoms with E-state index in [0.29, 0.717) is 24.4 Å². The lowest BCUT2D eigenvalue weighted by Crippen LogP contribution is -2.26. The molecule has 5 heteroatoms. The van der Waals surface area contributed by atoms with Crippen molar-refractivity contribution in [1.82, 2.24) is 5.32 Å². The minimum absolute atomic E-state index is 0.199. The Labute approximate surface area is 107 Å². The highest BCUT2D eigenvalue weighted by Gasteiger charge is 2.10. The molecule has 0 aliphatic carbocycles. The lowest BCUT2D eigenvalue weighted by atomic mass is 10.1. The molecule has 0 saturated heterocycles. The van der Waals surface area contributed by atoms with E-state index < -0.39 is 0 Å². The molecule has 0 radical (unpaired) electrons. The highest BCUT2D eigenvalue weighted by molar-refractivity contribution is 6.03. The molecular formula is C13H18N2O3. The molecule has 0 unspecified atom stereocenters. The van der Waals surface area contributed by atoms with E-state index in [1.807, 2.05) is 0 Å². The van der Waals surface area contributed by atoms with E-state index in [2.05, 4.69) is 10.6 Å². The zero-order valence-electron chi connectivity index (χ0n) is 10.7. The maximum Gasteiger partial charge on any atom is 0.253 e. The quantitative estimate of drug-likeness (QED) is 0.750. The van der Waals surface area contributed by atoms with Gasteiger partial charge in [-0.05, 0) is 18.6 Å². The summed E-state index contributed by atoms with van der Waals surface area (Å²) in [4.78, 5) is 22.9. The van der Waals surface area contributed by atoms with Crippen molar-refractivity contribution in [2.75, 3.05) is 25.6 Å². The summed E-state index contributed by atoms with van der Waals surface area (Å²) < 4.78 is 4.90. The monoisotopic (exact) mass is 250 g/mol. The highest BCUT2D eigenvalue weighted by atomic mass is 16.5. The molecule has 0 bridgehead atoms. The SMILES string of the molecule is COCCCNC(=O)c1ccccc1NC(C)=O. The Morgan fingerprint density at radius 3 is 2.67 bits per heavy atom. The molecule has 0 saturated carbocycles. The first kappa shape index (κ1) is 14.2. The van der Waals surface area contributed by atoms with Gasteiger partial charge in [-0.1, -0.05) is 12.1 Å². The third-order valence-electron chi connectivity index (χ3n) is 2.29. The number of rotatable bonds is 6. The zero-order chi connectivity index (χ0) is 13.4. The Morgan fingerprint density at radius 2 is 2.00 bits per heavy atom. The van der Waals surface area contributed by atoms with Crippen LogP contribution in [0.1, 0.15) is 23.7 Å². The fourth-order valence-corrected chi connectivity index (χ4v) is 1.49. The molecule has 1 aromatic carbocycles. The molecule has 98 valence electrons. The Balaban J connectivity index is 2.63. The van der Waals surface area contributed by atoms with Gasteiger partial charge in [-0.3, -0.25) is 9.59 Å². The van der Waals surface area contributed by atoms with Gasteiger partial charge in [0.25, 0.3) is 5.91 Å². The summed E-state index contributed by atoms with van der Waals surface area (Å²) in [6, 6.07) is 6.91. The van der Waals surface area contributed by atoms with Crippen molar-refractivity contribution in [3.8, 4) is 0 Å². The Bertz CT molecular complexity index is 418. The number of para-hydroxylation sites is 1. The summed E-state index contributed by atoms with van der Waals surface area (Å²) in [7, 11) is 1.62. The number of anilines is 1. The number of hydrogen-bond acceptors (Lipinski definition) is 3. The van der Waals surface area contributed by atoms with E-state index in [9.17, 15) is 9.59 Å². The van der Waals surface area contributed by atoms with Crippen molar-refractivity contribution >= 4 is 17.5 Å². The Kier molecular flexibility index (Phi) is 5.87. The average Bonchev–Trinajstić information content (AvgIpc) is 2.34. The van der Waals surface area contributed by atoms with E-state index in [1.54, 1.807) is 31.4 Å². The van der Waals surface area contributed by atoms with Gasteiger partial charge in [0.05, 0.1) is 11.3 Å². The van der Waals surface area contributed by atoms with Crippen molar-refractivity contribution in [2.24, 2.45) is 0 Å². The molecule has 0 aliphatic rings. The van der Waals surface area contributed by atoms with Gasteiger partial charge in [0.1, 0.15) is 0 Å². The van der Waals surface area contributed by atoms with Gasteiger partial charge in [-0.2, -0.15) is 0 Å². The number of hydrogen-bond donors (Lipinski definition) is 2. The zero-order valence-corrected chi connectivity index (χ0v) is 10.7. The maximum absolute atomic E-state index is 11.9. The van der Waals surface area contributed by atoms with E-state index in [4.69, 9.17) is 4.74 Å². The predicted octanol–water partition coefficient (Wildman–Crippen LogP) is 1.41. The van der Waals surface area contributed by atoms with Gasteiger partial charge in [0, 0.05) is 27.2 Å². The van der Waals surface area contributed by atoms with Crippen LogP contribution in [0, 0.1) is 0 Å². The average molecular weight is 250 g/mol. The fraction of sp³-hybridized carbons (Fsp3) is 0.385. The summed E-state index contributed by atoms with van der Waals surface area (Å²) >= 11 is 0. The van der Waals surface area contributed by atoms with Crippen LogP contribution < -0.4 is 10.6 Å². The number of methoxy groups -OCH3 is 1. The number of nitrogens with one attached hydrogen (secondary N) is 2. The number of carbonyl (C=O) groups is 2. The van der Waals surface area contributed by atoms with E-state index in [-0.39, 0.29) is 11.8 Å². The summed E-state index contributed by atoms with van der Waals surface area (Å²) in [5.41, 5.74) is 0.986. The van der Waals surface area contributed by atoms with Crippen molar-refractivity contribution in [1.29, 1.82) is 0 Å². The van der Waals surface area contributed by atoms with Gasteiger partial charge in [0.15, 0.2) is 0 Å². The minimum Gasteiger partial charge on any atom is -0.385 e. The maximum atomic E-state index is 11.9. The van der Waals surface area contributed by atoms with Crippen LogP contribution >= 0.6 is 0 Å². The second-order valence-electron chi connectivity index (χ2n) is 3.83. The first-order chi connectivity index (χ1) is 8.65. The molecule has 2 N–H and O–H groups in total. The number of amides is 2. The van der Waals surface area contributed by atoms with Crippen molar-refractivity contribution in [3.05, 3.63) is 29.8 Å². The molecule has 0 aromatic heterocycles. The second kappa shape index (κ2) is 7.45. The van der Waals surface area contributed by atoms with E-state index >= 15 is 0 Å². The molecular weight excluding hydrogens is 232 g/mol. The molecule has 0 spiro atoms. The van der Waals surface area contributed by atoms with Crippen LogP contribution in [-0.2, 0) is 9.53 Å². The van der Waals surface area contributed by atoms with Crippen LogP contribution in [0.3, 0.4) is 0 Å². The summed E-state index contributed by atoms with van der Waals surface area (Å²) in [6.07, 6.45) is 0.755. The fourth-order valence-electron chi connectivity index (χ4n) is 1.49. The molecule has 0 aliphatic heterocycles. The molecule has 0 fully saturated rings. The second-order valence-corrected chi connectivity index (χ2v) is 3.83. The number of ether oxygens (including phenoxy) is 1. The Morgan fingerprint density at radius 1 is 1.28 bits per heavy atom. The van der Waals surface area contributed by atoms with Crippen LogP contribution in [0.2, 0.25) is 0 Å².